The van der Waals surface area contributed by atoms with E-state index >= 15 is 0 Å². The predicted octanol–water partition coefficient (Wildman–Crippen LogP) is 5.74. The molecule has 0 spiro atoms. The Labute approximate surface area is 271 Å². The van der Waals surface area contributed by atoms with E-state index in [4.69, 9.17) is 27.9 Å². The summed E-state index contributed by atoms with van der Waals surface area (Å²) in [5.74, 6) is -0.819. The van der Waals surface area contributed by atoms with Crippen LogP contribution in [0.25, 0.3) is 11.7 Å². The molecule has 2 aromatic carbocycles. The summed E-state index contributed by atoms with van der Waals surface area (Å²) >= 11 is 16.7. The topological polar surface area (TPSA) is 113 Å². The normalized spacial score (nSPS) is 13.2. The maximum absolute atomic E-state index is 12.9. The van der Waals surface area contributed by atoms with Gasteiger partial charge in [0.25, 0.3) is 0 Å². The number of imidazole rings is 1. The Hall–Kier alpha value is -4.19. The number of rotatable bonds is 9. The van der Waals surface area contributed by atoms with Gasteiger partial charge in [-0.3, -0.25) is 28.5 Å². The smallest absolute Gasteiger partial charge is 0.246 e. The van der Waals surface area contributed by atoms with Crippen molar-refractivity contribution in [3.63, 3.8) is 0 Å². The van der Waals surface area contributed by atoms with Crippen molar-refractivity contribution < 1.29 is 23.9 Å². The molecule has 3 heterocycles. The molecule has 5 rings (SSSR count). The molecule has 1 aliphatic heterocycles. The number of amides is 4. The number of ether oxygens (including phenoxy) is 1. The standard InChI is InChI=1S/C31H26BrCl2N5O5/c1-18-30(32)38-15-3-4-24(31(38)36-18)44-17-21-22(33)10-11-23(29(21)34)37(2)28(43)16-35-25(40)12-7-19-5-8-20(9-6-19)39-26(41)13-14-27(39)42/h3-12,15H,13-14,16-17H2,1-2H3,(H,35,40). The van der Waals surface area contributed by atoms with E-state index in [1.54, 1.807) is 55.6 Å². The number of anilines is 2. The van der Waals surface area contributed by atoms with E-state index in [2.05, 4.69) is 26.2 Å². The Morgan fingerprint density at radius 1 is 1.09 bits per heavy atom. The summed E-state index contributed by atoms with van der Waals surface area (Å²) in [6.07, 6.45) is 5.13. The molecule has 0 atom stereocenters. The molecule has 0 radical (unpaired) electrons. The summed E-state index contributed by atoms with van der Waals surface area (Å²) in [6, 6.07) is 13.5. The average molecular weight is 699 g/mol. The maximum Gasteiger partial charge on any atom is 0.246 e. The fraction of sp³-hybridized carbons (Fsp3) is 0.194. The first-order chi connectivity index (χ1) is 21.0. The second-order valence-electron chi connectivity index (χ2n) is 9.92. The molecule has 0 aliphatic carbocycles. The highest BCUT2D eigenvalue weighted by molar-refractivity contribution is 9.10. The number of halogens is 3. The zero-order valence-electron chi connectivity index (χ0n) is 23.6. The van der Waals surface area contributed by atoms with Gasteiger partial charge in [-0.25, -0.2) is 4.98 Å². The number of hydrogen-bond acceptors (Lipinski definition) is 6. The van der Waals surface area contributed by atoms with Gasteiger partial charge in [0.2, 0.25) is 23.6 Å². The van der Waals surface area contributed by atoms with Gasteiger partial charge in [-0.15, -0.1) is 0 Å². The highest BCUT2D eigenvalue weighted by Gasteiger charge is 2.30. The summed E-state index contributed by atoms with van der Waals surface area (Å²) in [4.78, 5) is 56.2. The van der Waals surface area contributed by atoms with Gasteiger partial charge < -0.3 is 15.0 Å². The van der Waals surface area contributed by atoms with Crippen molar-refractivity contribution in [2.75, 3.05) is 23.4 Å². The molecular weight excluding hydrogens is 673 g/mol. The minimum atomic E-state index is -0.480. The van der Waals surface area contributed by atoms with Gasteiger partial charge in [-0.2, -0.15) is 0 Å². The van der Waals surface area contributed by atoms with E-state index in [1.165, 1.54) is 11.0 Å². The van der Waals surface area contributed by atoms with Crippen molar-refractivity contribution >= 4 is 85.9 Å². The Bertz CT molecular complexity index is 1810. The number of hydrogen-bond donors (Lipinski definition) is 1. The summed E-state index contributed by atoms with van der Waals surface area (Å²) < 4.78 is 8.72. The molecule has 13 heteroatoms. The number of aryl methyl sites for hydroxylation is 1. The van der Waals surface area contributed by atoms with E-state index in [0.717, 1.165) is 15.2 Å². The fourth-order valence-electron chi connectivity index (χ4n) is 4.61. The lowest BCUT2D eigenvalue weighted by Crippen LogP contribution is -2.37. The molecule has 1 fully saturated rings. The van der Waals surface area contributed by atoms with Crippen LogP contribution < -0.4 is 19.9 Å². The van der Waals surface area contributed by atoms with Crippen molar-refractivity contribution in [3.8, 4) is 5.75 Å². The maximum atomic E-state index is 12.9. The number of imide groups is 1. The zero-order chi connectivity index (χ0) is 31.5. The third-order valence-electron chi connectivity index (χ3n) is 7.03. The number of benzene rings is 2. The van der Waals surface area contributed by atoms with E-state index in [1.807, 2.05) is 23.6 Å². The first-order valence-electron chi connectivity index (χ1n) is 13.5. The number of pyridine rings is 1. The molecule has 226 valence electrons. The van der Waals surface area contributed by atoms with Gasteiger partial charge in [-0.05, 0) is 70.9 Å². The van der Waals surface area contributed by atoms with Crippen molar-refractivity contribution in [1.82, 2.24) is 14.7 Å². The van der Waals surface area contributed by atoms with Crippen LogP contribution in [0.15, 0.2) is 65.4 Å². The molecule has 1 aliphatic rings. The van der Waals surface area contributed by atoms with Crippen LogP contribution in [0, 0.1) is 6.92 Å². The lowest BCUT2D eigenvalue weighted by molar-refractivity contribution is -0.122. The number of aromatic nitrogens is 2. The second kappa shape index (κ2) is 13.2. The summed E-state index contributed by atoms with van der Waals surface area (Å²) in [5.41, 5.74) is 3.50. The Morgan fingerprint density at radius 3 is 2.50 bits per heavy atom. The van der Waals surface area contributed by atoms with E-state index in [-0.39, 0.29) is 42.8 Å². The van der Waals surface area contributed by atoms with E-state index in [9.17, 15) is 19.2 Å². The molecule has 10 nitrogen and oxygen atoms in total. The van der Waals surface area contributed by atoms with Crippen LogP contribution in [-0.4, -0.2) is 46.6 Å². The SMILES string of the molecule is Cc1nc2c(OCc3c(Cl)ccc(N(C)C(=O)CNC(=O)C=Cc4ccc(N5C(=O)CCC5=O)cc4)c3Cl)cccn2c1Br. The number of carbonyl (C=O) groups is 4. The number of carbonyl (C=O) groups excluding carboxylic acids is 4. The van der Waals surface area contributed by atoms with Gasteiger partial charge in [0.1, 0.15) is 11.2 Å². The molecule has 0 unspecified atom stereocenters. The molecule has 1 N–H and O–H groups in total. The quantitative estimate of drug-likeness (QED) is 0.176. The van der Waals surface area contributed by atoms with Crippen LogP contribution in [0.2, 0.25) is 10.0 Å². The zero-order valence-corrected chi connectivity index (χ0v) is 26.7. The molecule has 2 aromatic heterocycles. The third kappa shape index (κ3) is 6.50. The van der Waals surface area contributed by atoms with Crippen LogP contribution in [0.5, 0.6) is 5.75 Å². The monoisotopic (exact) mass is 697 g/mol. The minimum Gasteiger partial charge on any atom is -0.485 e. The largest absolute Gasteiger partial charge is 0.485 e. The first kappa shape index (κ1) is 31.2. The Morgan fingerprint density at radius 2 is 1.80 bits per heavy atom. The molecular formula is C31H26BrCl2N5O5. The number of nitrogens with zero attached hydrogens (tertiary/aromatic N) is 4. The Kier molecular flexibility index (Phi) is 9.38. The van der Waals surface area contributed by atoms with Crippen molar-refractivity contribution in [3.05, 3.63) is 92.3 Å². The molecule has 4 amide bonds. The van der Waals surface area contributed by atoms with E-state index in [0.29, 0.717) is 38.9 Å². The van der Waals surface area contributed by atoms with Crippen LogP contribution in [0.1, 0.15) is 29.7 Å². The fourth-order valence-corrected chi connectivity index (χ4v) is 5.59. The Balaban J connectivity index is 1.19. The molecule has 4 aromatic rings. The average Bonchev–Trinajstić information content (AvgIpc) is 3.51. The minimum absolute atomic E-state index is 0.0316. The predicted molar refractivity (Wildman–Crippen MR) is 172 cm³/mol. The number of likely N-dealkylation sites (N-methyl/N-ethyl adjacent to an activating group) is 1. The highest BCUT2D eigenvalue weighted by Crippen LogP contribution is 2.35. The summed E-state index contributed by atoms with van der Waals surface area (Å²) in [5, 5.41) is 3.18. The van der Waals surface area contributed by atoms with Gasteiger partial charge in [0.15, 0.2) is 11.4 Å². The summed E-state index contributed by atoms with van der Waals surface area (Å²) in [6.45, 7) is 1.63. The lowest BCUT2D eigenvalue weighted by atomic mass is 10.2. The molecule has 44 heavy (non-hydrogen) atoms. The van der Waals surface area contributed by atoms with Gasteiger partial charge in [-0.1, -0.05) is 35.3 Å². The van der Waals surface area contributed by atoms with Crippen molar-refractivity contribution in [2.45, 2.75) is 26.4 Å². The van der Waals surface area contributed by atoms with Crippen LogP contribution in [0.3, 0.4) is 0 Å². The number of fused-ring (bicyclic) bond motifs is 1. The van der Waals surface area contributed by atoms with Crippen LogP contribution in [0.4, 0.5) is 11.4 Å². The van der Waals surface area contributed by atoms with Crippen LogP contribution >= 0.6 is 39.1 Å². The lowest BCUT2D eigenvalue weighted by Gasteiger charge is -2.21. The highest BCUT2D eigenvalue weighted by atomic mass is 79.9. The molecule has 0 bridgehead atoms. The van der Waals surface area contributed by atoms with Gasteiger partial charge in [0.05, 0.1) is 28.6 Å². The van der Waals surface area contributed by atoms with Gasteiger partial charge in [0, 0.05) is 42.7 Å². The van der Waals surface area contributed by atoms with Gasteiger partial charge >= 0.3 is 0 Å². The van der Waals surface area contributed by atoms with Crippen molar-refractivity contribution in [2.24, 2.45) is 0 Å². The second-order valence-corrected chi connectivity index (χ2v) is 11.5. The third-order valence-corrected chi connectivity index (χ3v) is 8.76. The first-order valence-corrected chi connectivity index (χ1v) is 15.0. The number of nitrogens with one attached hydrogen (secondary N) is 1. The van der Waals surface area contributed by atoms with Crippen molar-refractivity contribution in [1.29, 1.82) is 0 Å². The summed E-state index contributed by atoms with van der Waals surface area (Å²) in [7, 11) is 1.55. The van der Waals surface area contributed by atoms with E-state index < -0.39 is 11.8 Å². The molecule has 1 saturated heterocycles. The van der Waals surface area contributed by atoms with Crippen LogP contribution in [-0.2, 0) is 25.8 Å². The molecule has 0 saturated carbocycles.